The number of carbonyl (C=O) groups is 3. The van der Waals surface area contributed by atoms with E-state index in [-0.39, 0.29) is 11.4 Å². The van der Waals surface area contributed by atoms with Crippen molar-refractivity contribution in [1.29, 1.82) is 0 Å². The normalized spacial score (nSPS) is 11.0. The van der Waals surface area contributed by atoms with Gasteiger partial charge >= 0.3 is 5.97 Å². The average molecular weight is 467 g/mol. The maximum absolute atomic E-state index is 12.4. The van der Waals surface area contributed by atoms with Gasteiger partial charge in [-0.2, -0.15) is 4.72 Å². The summed E-state index contributed by atoms with van der Waals surface area (Å²) in [5.74, 6) is -2.68. The van der Waals surface area contributed by atoms with E-state index in [1.165, 1.54) is 21.6 Å². The fourth-order valence-electron chi connectivity index (χ4n) is 2.55. The molecule has 1 aromatic carbocycles. The molecule has 0 bridgehead atoms. The minimum absolute atomic E-state index is 0.198. The van der Waals surface area contributed by atoms with Crippen LogP contribution in [0.25, 0.3) is 0 Å². The summed E-state index contributed by atoms with van der Waals surface area (Å²) in [6, 6.07) is 6.37. The maximum Gasteiger partial charge on any atom is 0.321 e. The van der Waals surface area contributed by atoms with Crippen LogP contribution in [0, 0.1) is 10.1 Å². The molecule has 1 aromatic heterocycles. The van der Waals surface area contributed by atoms with Crippen molar-refractivity contribution in [3.05, 3.63) is 52.3 Å². The number of nitro benzene ring substituents is 1. The molecule has 0 aliphatic rings. The number of nitrogens with one attached hydrogen (secondary N) is 2. The van der Waals surface area contributed by atoms with Crippen LogP contribution in [0.3, 0.4) is 0 Å². The van der Waals surface area contributed by atoms with Crippen LogP contribution in [-0.4, -0.2) is 62.9 Å². The minimum atomic E-state index is -4.28. The van der Waals surface area contributed by atoms with Crippen molar-refractivity contribution in [2.45, 2.75) is 4.90 Å². The summed E-state index contributed by atoms with van der Waals surface area (Å²) in [5, 5.41) is 13.2. The van der Waals surface area contributed by atoms with Gasteiger partial charge in [0.25, 0.3) is 17.5 Å². The number of nitro groups is 1. The predicted molar refractivity (Wildman–Crippen MR) is 111 cm³/mol. The van der Waals surface area contributed by atoms with Crippen LogP contribution in [-0.2, 0) is 31.4 Å². The fourth-order valence-corrected chi connectivity index (χ4v) is 3.54. The second kappa shape index (κ2) is 10.0. The first-order chi connectivity index (χ1) is 14.9. The third-order valence-electron chi connectivity index (χ3n) is 4.14. The van der Waals surface area contributed by atoms with Gasteiger partial charge in [-0.25, -0.2) is 8.42 Å². The molecule has 0 aliphatic carbocycles. The lowest BCUT2D eigenvalue weighted by Crippen LogP contribution is -2.37. The van der Waals surface area contributed by atoms with Crippen molar-refractivity contribution >= 4 is 39.2 Å². The van der Waals surface area contributed by atoms with Crippen LogP contribution in [0.1, 0.15) is 10.5 Å². The summed E-state index contributed by atoms with van der Waals surface area (Å²) < 4.78 is 32.8. The van der Waals surface area contributed by atoms with Gasteiger partial charge in [-0.15, -0.1) is 0 Å². The largest absolute Gasteiger partial charge is 0.455 e. The number of amides is 2. The molecule has 0 aliphatic heterocycles. The topological polar surface area (TPSA) is 170 Å². The molecule has 2 aromatic rings. The molecule has 2 rings (SSSR count). The summed E-state index contributed by atoms with van der Waals surface area (Å²) in [4.78, 5) is 47.0. The van der Waals surface area contributed by atoms with Crippen LogP contribution < -0.4 is 14.9 Å². The molecule has 172 valence electrons. The Hall–Kier alpha value is -3.78. The van der Waals surface area contributed by atoms with E-state index in [9.17, 15) is 32.9 Å². The lowest BCUT2D eigenvalue weighted by atomic mass is 10.2. The van der Waals surface area contributed by atoms with Gasteiger partial charge in [-0.1, -0.05) is 0 Å². The van der Waals surface area contributed by atoms with Gasteiger partial charge in [0.15, 0.2) is 6.61 Å². The fraction of sp³-hybridized carbons (Fsp3) is 0.278. The molecule has 32 heavy (non-hydrogen) atoms. The molecular weight excluding hydrogens is 446 g/mol. The molecular formula is C18H21N5O8S. The molecule has 0 fully saturated rings. The van der Waals surface area contributed by atoms with Crippen molar-refractivity contribution in [3.8, 4) is 0 Å². The first-order valence-corrected chi connectivity index (χ1v) is 10.5. The second-order valence-corrected chi connectivity index (χ2v) is 8.44. The molecule has 0 unspecified atom stereocenters. The van der Waals surface area contributed by atoms with Crippen molar-refractivity contribution in [1.82, 2.24) is 14.6 Å². The smallest absolute Gasteiger partial charge is 0.321 e. The number of anilines is 1. The molecule has 0 saturated carbocycles. The first-order valence-electron chi connectivity index (χ1n) is 8.99. The molecule has 2 amide bonds. The van der Waals surface area contributed by atoms with Crippen molar-refractivity contribution in [3.63, 3.8) is 0 Å². The number of esters is 1. The summed E-state index contributed by atoms with van der Waals surface area (Å²) in [6.07, 6.45) is 1.61. The minimum Gasteiger partial charge on any atom is -0.455 e. The van der Waals surface area contributed by atoms with Gasteiger partial charge in [0, 0.05) is 33.4 Å². The quantitative estimate of drug-likeness (QED) is 0.287. The van der Waals surface area contributed by atoms with E-state index in [1.807, 2.05) is 10.0 Å². The number of imide groups is 1. The Balaban J connectivity index is 1.92. The highest BCUT2D eigenvalue weighted by molar-refractivity contribution is 7.89. The highest BCUT2D eigenvalue weighted by Crippen LogP contribution is 2.29. The highest BCUT2D eigenvalue weighted by atomic mass is 32.2. The summed E-state index contributed by atoms with van der Waals surface area (Å²) >= 11 is 0. The molecule has 0 radical (unpaired) electrons. The average Bonchev–Trinajstić information content (AvgIpc) is 3.16. The van der Waals surface area contributed by atoms with Crippen LogP contribution in [0.5, 0.6) is 0 Å². The number of hydrogen-bond donors (Lipinski definition) is 2. The van der Waals surface area contributed by atoms with Gasteiger partial charge in [0.1, 0.15) is 17.9 Å². The van der Waals surface area contributed by atoms with Gasteiger partial charge < -0.3 is 14.2 Å². The Kier molecular flexibility index (Phi) is 7.67. The molecule has 13 nitrogen and oxygen atoms in total. The van der Waals surface area contributed by atoms with E-state index in [4.69, 9.17) is 0 Å². The number of aromatic nitrogens is 1. The molecule has 0 spiro atoms. The molecule has 2 N–H and O–H groups in total. The Morgan fingerprint density at radius 1 is 1.22 bits per heavy atom. The van der Waals surface area contributed by atoms with Crippen molar-refractivity contribution < 1.29 is 32.5 Å². The standard InChI is InChI=1S/C18H21N5O8S/c1-21(2)13-7-6-12(9-15(13)23(27)28)32(29,30)19-10-17(25)31-11-16(24)20-18(26)14-5-4-8-22(14)3/h4-9,19H,10-11H2,1-3H3,(H,20,24,26). The van der Waals surface area contributed by atoms with Crippen LogP contribution >= 0.6 is 0 Å². The molecule has 0 atom stereocenters. The number of carbonyl (C=O) groups excluding carboxylic acids is 3. The van der Waals surface area contributed by atoms with Crippen LogP contribution in [0.4, 0.5) is 11.4 Å². The van der Waals surface area contributed by atoms with Gasteiger partial charge in [-0.05, 0) is 24.3 Å². The van der Waals surface area contributed by atoms with E-state index in [2.05, 4.69) is 4.74 Å². The van der Waals surface area contributed by atoms with E-state index in [1.54, 1.807) is 33.4 Å². The number of aryl methyl sites for hydroxylation is 1. The third kappa shape index (κ3) is 6.12. The number of sulfonamides is 1. The predicted octanol–water partition coefficient (Wildman–Crippen LogP) is -0.223. The second-order valence-electron chi connectivity index (χ2n) is 6.67. The van der Waals surface area contributed by atoms with Crippen LogP contribution in [0.15, 0.2) is 41.4 Å². The number of ether oxygens (including phenoxy) is 1. The van der Waals surface area contributed by atoms with Gasteiger partial charge in [0.05, 0.1) is 9.82 Å². The lowest BCUT2D eigenvalue weighted by molar-refractivity contribution is -0.384. The number of nitrogens with zero attached hydrogens (tertiary/aromatic N) is 3. The van der Waals surface area contributed by atoms with Crippen molar-refractivity contribution in [2.24, 2.45) is 7.05 Å². The first kappa shape index (κ1) is 24.5. The Morgan fingerprint density at radius 3 is 2.47 bits per heavy atom. The number of rotatable bonds is 9. The van der Waals surface area contributed by atoms with Gasteiger partial charge in [-0.3, -0.25) is 29.8 Å². The van der Waals surface area contributed by atoms with E-state index in [0.717, 1.165) is 12.1 Å². The zero-order valence-corrected chi connectivity index (χ0v) is 18.2. The van der Waals surface area contributed by atoms with Gasteiger partial charge in [0.2, 0.25) is 10.0 Å². The van der Waals surface area contributed by atoms with E-state index >= 15 is 0 Å². The van der Waals surface area contributed by atoms with Crippen molar-refractivity contribution in [2.75, 3.05) is 32.1 Å². The maximum atomic E-state index is 12.4. The number of hydrogen-bond acceptors (Lipinski definition) is 9. The Morgan fingerprint density at radius 2 is 1.91 bits per heavy atom. The summed E-state index contributed by atoms with van der Waals surface area (Å²) in [5.41, 5.74) is -0.0175. The Bertz CT molecular complexity index is 1160. The van der Waals surface area contributed by atoms with E-state index < -0.39 is 56.5 Å². The third-order valence-corrected chi connectivity index (χ3v) is 5.53. The summed E-state index contributed by atoms with van der Waals surface area (Å²) in [6.45, 7) is -1.63. The summed E-state index contributed by atoms with van der Waals surface area (Å²) in [7, 11) is 0.456. The SMILES string of the molecule is CN(C)c1ccc(S(=O)(=O)NCC(=O)OCC(=O)NC(=O)c2cccn2C)cc1[N+](=O)[O-]. The highest BCUT2D eigenvalue weighted by Gasteiger charge is 2.23. The van der Waals surface area contributed by atoms with E-state index in [0.29, 0.717) is 0 Å². The molecule has 1 heterocycles. The van der Waals surface area contributed by atoms with Crippen LogP contribution in [0.2, 0.25) is 0 Å². The lowest BCUT2D eigenvalue weighted by Gasteiger charge is -2.13. The Labute approximate surface area is 183 Å². The monoisotopic (exact) mass is 467 g/mol. The zero-order chi connectivity index (χ0) is 24.1. The molecule has 0 saturated heterocycles. The molecule has 14 heteroatoms. The number of benzene rings is 1. The zero-order valence-electron chi connectivity index (χ0n) is 17.4.